The lowest BCUT2D eigenvalue weighted by molar-refractivity contribution is -0.139. The minimum absolute atomic E-state index is 0.286. The number of carbonyl (C=O) groups excluding carboxylic acids is 2. The van der Waals surface area contributed by atoms with Crippen molar-refractivity contribution in [2.24, 2.45) is 5.92 Å². The van der Waals surface area contributed by atoms with E-state index in [1.54, 1.807) is 6.92 Å². The van der Waals surface area contributed by atoms with Crippen LogP contribution in [0.25, 0.3) is 0 Å². The molecule has 0 radical (unpaired) electrons. The van der Waals surface area contributed by atoms with Crippen LogP contribution in [0.1, 0.15) is 18.1 Å². The van der Waals surface area contributed by atoms with E-state index < -0.39 is 30.2 Å². The number of hydrogen-bond donors (Lipinski definition) is 3. The van der Waals surface area contributed by atoms with E-state index in [2.05, 4.69) is 5.32 Å². The summed E-state index contributed by atoms with van der Waals surface area (Å²) < 4.78 is 0. The predicted molar refractivity (Wildman–Crippen MR) is 86.1 cm³/mol. The van der Waals surface area contributed by atoms with E-state index in [9.17, 15) is 19.5 Å². The molecule has 0 bridgehead atoms. The number of amides is 2. The second-order valence-electron chi connectivity index (χ2n) is 5.91. The van der Waals surface area contributed by atoms with Gasteiger partial charge in [-0.05, 0) is 12.5 Å². The Morgan fingerprint density at radius 2 is 1.92 bits per heavy atom. The zero-order valence-electron chi connectivity index (χ0n) is 13.6. The van der Waals surface area contributed by atoms with Crippen molar-refractivity contribution in [2.75, 3.05) is 13.1 Å². The molecule has 3 N–H and O–H groups in total. The van der Waals surface area contributed by atoms with E-state index in [1.807, 2.05) is 31.2 Å². The molecular weight excluding hydrogens is 312 g/mol. The highest BCUT2D eigenvalue weighted by molar-refractivity contribution is 6.19. The highest BCUT2D eigenvalue weighted by Gasteiger charge is 2.35. The number of carbonyl (C=O) groups is 3. The number of aliphatic carboxylic acids is 1. The van der Waals surface area contributed by atoms with Crippen LogP contribution < -0.4 is 5.32 Å². The second-order valence-corrected chi connectivity index (χ2v) is 5.91. The number of rotatable bonds is 5. The van der Waals surface area contributed by atoms with E-state index in [4.69, 9.17) is 5.11 Å². The number of carboxylic acid groups (broad SMARTS) is 1. The maximum atomic E-state index is 12.5. The number of nitrogens with one attached hydrogen (secondary N) is 1. The normalized spacial score (nSPS) is 17.8. The number of nitrogens with zero attached hydrogens (tertiary/aromatic N) is 1. The van der Waals surface area contributed by atoms with Gasteiger partial charge in [0.1, 0.15) is 17.9 Å². The minimum Gasteiger partial charge on any atom is -0.511 e. The Bertz CT molecular complexity index is 693. The standard InChI is InChI=1S/C17H20N2O5/c1-10-3-5-12(6-4-10)9-19-8-11(2)15(22)14(17(19)24)16(23)18-7-13(20)21/h3-6,11,22H,7-9H2,1-2H3,(H,18,23)(H,20,21). The van der Waals surface area contributed by atoms with Crippen LogP contribution in [0.3, 0.4) is 0 Å². The van der Waals surface area contributed by atoms with E-state index >= 15 is 0 Å². The Morgan fingerprint density at radius 3 is 2.50 bits per heavy atom. The van der Waals surface area contributed by atoms with Gasteiger partial charge < -0.3 is 20.4 Å². The fourth-order valence-corrected chi connectivity index (χ4v) is 2.52. The van der Waals surface area contributed by atoms with Crippen molar-refractivity contribution >= 4 is 17.8 Å². The summed E-state index contributed by atoms with van der Waals surface area (Å²) in [6, 6.07) is 7.66. The molecule has 1 aromatic carbocycles. The van der Waals surface area contributed by atoms with Crippen molar-refractivity contribution in [2.45, 2.75) is 20.4 Å². The van der Waals surface area contributed by atoms with Gasteiger partial charge >= 0.3 is 5.97 Å². The van der Waals surface area contributed by atoms with Gasteiger partial charge in [-0.15, -0.1) is 0 Å². The minimum atomic E-state index is -1.23. The van der Waals surface area contributed by atoms with E-state index in [-0.39, 0.29) is 17.9 Å². The van der Waals surface area contributed by atoms with Crippen LogP contribution in [0.5, 0.6) is 0 Å². The van der Waals surface area contributed by atoms with Crippen LogP contribution in [0.15, 0.2) is 35.6 Å². The summed E-state index contributed by atoms with van der Waals surface area (Å²) in [7, 11) is 0. The van der Waals surface area contributed by atoms with Crippen molar-refractivity contribution in [1.29, 1.82) is 0 Å². The molecule has 1 atom stereocenters. The molecule has 1 heterocycles. The second kappa shape index (κ2) is 7.16. The molecule has 2 rings (SSSR count). The Balaban J connectivity index is 2.19. The molecule has 0 aliphatic carbocycles. The molecule has 7 nitrogen and oxygen atoms in total. The lowest BCUT2D eigenvalue weighted by Crippen LogP contribution is -2.45. The molecule has 7 heteroatoms. The van der Waals surface area contributed by atoms with Crippen molar-refractivity contribution in [1.82, 2.24) is 10.2 Å². The van der Waals surface area contributed by atoms with Crippen molar-refractivity contribution < 1.29 is 24.6 Å². The first-order valence-electron chi connectivity index (χ1n) is 7.57. The summed E-state index contributed by atoms with van der Waals surface area (Å²) in [5, 5.41) is 20.8. The third-order valence-corrected chi connectivity index (χ3v) is 3.84. The fourth-order valence-electron chi connectivity index (χ4n) is 2.52. The number of benzene rings is 1. The quantitative estimate of drug-likeness (QED) is 0.697. The van der Waals surface area contributed by atoms with Crippen LogP contribution in [-0.4, -0.2) is 46.0 Å². The maximum absolute atomic E-state index is 12.5. The number of hydrogen-bond acceptors (Lipinski definition) is 4. The SMILES string of the molecule is Cc1ccc(CN2CC(C)C(O)=C(C(=O)NCC(=O)O)C2=O)cc1. The predicted octanol–water partition coefficient (Wildman–Crippen LogP) is 0.986. The van der Waals surface area contributed by atoms with Gasteiger partial charge in [0.15, 0.2) is 0 Å². The van der Waals surface area contributed by atoms with Gasteiger partial charge in [-0.25, -0.2) is 0 Å². The van der Waals surface area contributed by atoms with Crippen molar-refractivity contribution in [3.05, 3.63) is 46.7 Å². The molecule has 1 aliphatic rings. The topological polar surface area (TPSA) is 107 Å². The summed E-state index contributed by atoms with van der Waals surface area (Å²) in [6.45, 7) is 3.65. The zero-order valence-corrected chi connectivity index (χ0v) is 13.6. The van der Waals surface area contributed by atoms with Crippen LogP contribution in [0, 0.1) is 12.8 Å². The highest BCUT2D eigenvalue weighted by Crippen LogP contribution is 2.24. The van der Waals surface area contributed by atoms with E-state index in [1.165, 1.54) is 4.90 Å². The number of carboxylic acids is 1. The molecule has 2 amide bonds. The summed E-state index contributed by atoms with van der Waals surface area (Å²) in [5.74, 6) is -3.41. The summed E-state index contributed by atoms with van der Waals surface area (Å²) in [4.78, 5) is 36.6. The number of aliphatic hydroxyl groups excluding tert-OH is 1. The Hall–Kier alpha value is -2.83. The van der Waals surface area contributed by atoms with Gasteiger partial charge in [0.2, 0.25) is 0 Å². The van der Waals surface area contributed by atoms with Gasteiger partial charge in [-0.3, -0.25) is 14.4 Å². The van der Waals surface area contributed by atoms with Gasteiger partial charge in [-0.1, -0.05) is 36.8 Å². The molecule has 1 unspecified atom stereocenters. The van der Waals surface area contributed by atoms with Gasteiger partial charge in [0.05, 0.1) is 0 Å². The maximum Gasteiger partial charge on any atom is 0.322 e. The fraction of sp³-hybridized carbons (Fsp3) is 0.353. The lowest BCUT2D eigenvalue weighted by atomic mass is 9.97. The van der Waals surface area contributed by atoms with Crippen LogP contribution in [0.4, 0.5) is 0 Å². The molecular formula is C17H20N2O5. The smallest absolute Gasteiger partial charge is 0.322 e. The Labute approximate surface area is 139 Å². The Kier molecular flexibility index (Phi) is 5.23. The molecule has 0 fully saturated rings. The summed E-state index contributed by atoms with van der Waals surface area (Å²) >= 11 is 0. The third kappa shape index (κ3) is 3.92. The molecule has 1 aliphatic heterocycles. The van der Waals surface area contributed by atoms with Crippen molar-refractivity contribution in [3.63, 3.8) is 0 Å². The molecule has 0 spiro atoms. The summed E-state index contributed by atoms with van der Waals surface area (Å²) in [5.41, 5.74) is 1.62. The summed E-state index contributed by atoms with van der Waals surface area (Å²) in [6.07, 6.45) is 0. The third-order valence-electron chi connectivity index (χ3n) is 3.84. The number of aryl methyl sites for hydroxylation is 1. The molecule has 1 aromatic rings. The molecule has 24 heavy (non-hydrogen) atoms. The molecule has 0 saturated carbocycles. The van der Waals surface area contributed by atoms with E-state index in [0.29, 0.717) is 6.54 Å². The van der Waals surface area contributed by atoms with Crippen molar-refractivity contribution in [3.8, 4) is 0 Å². The van der Waals surface area contributed by atoms with Crippen LogP contribution in [-0.2, 0) is 20.9 Å². The van der Waals surface area contributed by atoms with Gasteiger partial charge in [-0.2, -0.15) is 0 Å². The number of aliphatic hydroxyl groups is 1. The van der Waals surface area contributed by atoms with E-state index in [0.717, 1.165) is 11.1 Å². The lowest BCUT2D eigenvalue weighted by Gasteiger charge is -2.31. The average molecular weight is 332 g/mol. The zero-order chi connectivity index (χ0) is 17.9. The first-order valence-corrected chi connectivity index (χ1v) is 7.57. The largest absolute Gasteiger partial charge is 0.511 e. The first-order chi connectivity index (χ1) is 11.3. The average Bonchev–Trinajstić information content (AvgIpc) is 2.53. The Morgan fingerprint density at radius 1 is 1.29 bits per heavy atom. The molecule has 0 saturated heterocycles. The van der Waals surface area contributed by atoms with Crippen LogP contribution in [0.2, 0.25) is 0 Å². The van der Waals surface area contributed by atoms with Crippen LogP contribution >= 0.6 is 0 Å². The van der Waals surface area contributed by atoms with Gasteiger partial charge in [0.25, 0.3) is 11.8 Å². The first kappa shape index (κ1) is 17.5. The highest BCUT2D eigenvalue weighted by atomic mass is 16.4. The molecule has 128 valence electrons. The monoisotopic (exact) mass is 332 g/mol. The molecule has 0 aromatic heterocycles. The van der Waals surface area contributed by atoms with Gasteiger partial charge in [0, 0.05) is 19.0 Å².